The van der Waals surface area contributed by atoms with E-state index in [1.165, 1.54) is 0 Å². The molecule has 0 N–H and O–H groups in total. The quantitative estimate of drug-likeness (QED) is 0.394. The minimum Gasteiger partial charge on any atom is -0.488 e. The molecular weight excluding hydrogens is 414 g/mol. The molecule has 1 atom stereocenters. The van der Waals surface area contributed by atoms with Gasteiger partial charge in [-0.3, -0.25) is 4.90 Å². The Morgan fingerprint density at radius 3 is 2.17 bits per heavy atom. The molecule has 162 valence electrons. The van der Waals surface area contributed by atoms with Crippen LogP contribution in [0.2, 0.25) is 0 Å². The average molecular weight is 437 g/mol. The molecule has 0 bridgehead atoms. The van der Waals surface area contributed by atoms with Gasteiger partial charge in [0, 0.05) is 23.7 Å². The number of hydrogen-bond donors (Lipinski definition) is 0. The largest absolute Gasteiger partial charge is 0.534 e. The number of nitrogens with zero attached hydrogens (tertiary/aromatic N) is 1. The summed E-state index contributed by atoms with van der Waals surface area (Å²) in [5, 5.41) is 0. The van der Waals surface area contributed by atoms with Crippen LogP contribution in [0.4, 0.5) is 17.6 Å². The molecule has 2 fully saturated rings. The zero-order valence-corrected chi connectivity index (χ0v) is 16.6. The maximum Gasteiger partial charge on any atom is 0.534 e. The van der Waals surface area contributed by atoms with Crippen molar-refractivity contribution in [2.75, 3.05) is 6.61 Å². The third-order valence-electron chi connectivity index (χ3n) is 6.18. The van der Waals surface area contributed by atoms with Gasteiger partial charge >= 0.3 is 15.6 Å². The predicted octanol–water partition coefficient (Wildman–Crippen LogP) is 4.15. The Labute approximate surface area is 167 Å². The lowest BCUT2D eigenvalue weighted by atomic mass is 9.87. The van der Waals surface area contributed by atoms with Crippen molar-refractivity contribution in [3.05, 3.63) is 23.5 Å². The van der Waals surface area contributed by atoms with Crippen LogP contribution in [-0.2, 0) is 16.5 Å². The van der Waals surface area contributed by atoms with Crippen LogP contribution in [0.3, 0.4) is 0 Å². The van der Waals surface area contributed by atoms with Crippen LogP contribution < -0.4 is 8.92 Å². The van der Waals surface area contributed by atoms with E-state index in [4.69, 9.17) is 4.74 Å². The van der Waals surface area contributed by atoms with Crippen LogP contribution in [0.25, 0.3) is 0 Å². The fourth-order valence-corrected chi connectivity index (χ4v) is 5.11. The molecule has 10 heteroatoms. The van der Waals surface area contributed by atoms with Crippen molar-refractivity contribution in [2.45, 2.75) is 75.0 Å². The van der Waals surface area contributed by atoms with Gasteiger partial charge in [0.05, 0.1) is 0 Å². The summed E-state index contributed by atoms with van der Waals surface area (Å²) >= 11 is 0. The monoisotopic (exact) mass is 437 g/mol. The van der Waals surface area contributed by atoms with Gasteiger partial charge in [-0.15, -0.1) is 0 Å². The maximum absolute atomic E-state index is 14.2. The predicted molar refractivity (Wildman–Crippen MR) is 96.7 cm³/mol. The molecule has 0 spiro atoms. The summed E-state index contributed by atoms with van der Waals surface area (Å²) in [6.45, 7) is 0.215. The van der Waals surface area contributed by atoms with Gasteiger partial charge in [0.25, 0.3) is 0 Å². The van der Waals surface area contributed by atoms with E-state index in [0.717, 1.165) is 57.1 Å². The van der Waals surface area contributed by atoms with Crippen molar-refractivity contribution in [1.82, 2.24) is 4.90 Å². The number of benzene rings is 1. The highest BCUT2D eigenvalue weighted by molar-refractivity contribution is 7.88. The topological polar surface area (TPSA) is 55.8 Å². The van der Waals surface area contributed by atoms with Gasteiger partial charge in [0.15, 0.2) is 11.6 Å². The summed E-state index contributed by atoms with van der Waals surface area (Å²) < 4.78 is 85.5. The SMILES string of the molecule is O=S(=O)(Oc1ccc(F)c2c1C[C@@H](N(C1CCCC1)C1CCC1)CO2)C(F)(F)F. The van der Waals surface area contributed by atoms with Crippen LogP contribution in [0, 0.1) is 5.82 Å². The van der Waals surface area contributed by atoms with Crippen LogP contribution >= 0.6 is 0 Å². The van der Waals surface area contributed by atoms with Crippen molar-refractivity contribution in [2.24, 2.45) is 0 Å². The number of ether oxygens (including phenoxy) is 1. The summed E-state index contributed by atoms with van der Waals surface area (Å²) in [5.41, 5.74) is -5.53. The molecule has 0 unspecified atom stereocenters. The molecule has 0 saturated heterocycles. The second kappa shape index (κ2) is 7.61. The third kappa shape index (κ3) is 3.93. The minimum atomic E-state index is -5.85. The Morgan fingerprint density at radius 2 is 1.62 bits per heavy atom. The first kappa shape index (κ1) is 20.7. The number of hydrogen-bond acceptors (Lipinski definition) is 5. The smallest absolute Gasteiger partial charge is 0.488 e. The molecule has 3 aliphatic rings. The summed E-state index contributed by atoms with van der Waals surface area (Å²) in [4.78, 5) is 2.38. The summed E-state index contributed by atoms with van der Waals surface area (Å²) in [6, 6.07) is 2.37. The fourth-order valence-electron chi connectivity index (χ4n) is 4.62. The van der Waals surface area contributed by atoms with Gasteiger partial charge in [0.1, 0.15) is 12.4 Å². The van der Waals surface area contributed by atoms with Crippen LogP contribution in [0.1, 0.15) is 50.5 Å². The number of alkyl halides is 3. The highest BCUT2D eigenvalue weighted by Gasteiger charge is 2.49. The van der Waals surface area contributed by atoms with Crippen molar-refractivity contribution in [1.29, 1.82) is 0 Å². The lowest BCUT2D eigenvalue weighted by Crippen LogP contribution is -2.55. The van der Waals surface area contributed by atoms with Crippen molar-refractivity contribution < 1.29 is 34.9 Å². The Bertz CT molecular complexity index is 864. The number of halogens is 4. The molecule has 1 heterocycles. The molecule has 1 aromatic carbocycles. The van der Waals surface area contributed by atoms with Gasteiger partial charge in [0.2, 0.25) is 0 Å². The first-order valence-corrected chi connectivity index (χ1v) is 11.3. The van der Waals surface area contributed by atoms with Crippen molar-refractivity contribution in [3.8, 4) is 11.5 Å². The van der Waals surface area contributed by atoms with Crippen LogP contribution in [-0.4, -0.2) is 43.6 Å². The Hall–Kier alpha value is -1.55. The number of rotatable bonds is 5. The zero-order chi connectivity index (χ0) is 20.8. The molecule has 0 radical (unpaired) electrons. The summed E-state index contributed by atoms with van der Waals surface area (Å²) in [6.07, 6.45) is 7.77. The average Bonchev–Trinajstić information content (AvgIpc) is 3.13. The number of fused-ring (bicyclic) bond motifs is 1. The third-order valence-corrected chi connectivity index (χ3v) is 7.14. The molecule has 4 rings (SSSR count). The van der Waals surface area contributed by atoms with Gasteiger partial charge in [-0.1, -0.05) is 19.3 Å². The standard InChI is InChI=1S/C19H23F4NO4S/c20-16-8-9-17(28-29(25,26)19(21,22)23)15-10-14(11-27-18(15)16)24(13-6-3-7-13)12-4-1-2-5-12/h8-9,12-14H,1-7,10-11H2/t14-/m1/s1. The minimum absolute atomic E-state index is 0.0383. The highest BCUT2D eigenvalue weighted by Crippen LogP contribution is 2.42. The highest BCUT2D eigenvalue weighted by atomic mass is 32.2. The van der Waals surface area contributed by atoms with Gasteiger partial charge in [-0.25, -0.2) is 4.39 Å². The molecule has 5 nitrogen and oxygen atoms in total. The van der Waals surface area contributed by atoms with Gasteiger partial charge in [-0.05, 0) is 44.2 Å². The van der Waals surface area contributed by atoms with E-state index in [-0.39, 0.29) is 30.4 Å². The molecule has 1 aromatic rings. The van der Waals surface area contributed by atoms with Crippen LogP contribution in [0.15, 0.2) is 12.1 Å². The Balaban J connectivity index is 1.64. The second-order valence-electron chi connectivity index (χ2n) is 7.98. The van der Waals surface area contributed by atoms with E-state index in [2.05, 4.69) is 9.08 Å². The van der Waals surface area contributed by atoms with Crippen LogP contribution in [0.5, 0.6) is 11.5 Å². The Kier molecular flexibility index (Phi) is 5.43. The van der Waals surface area contributed by atoms with E-state index in [0.29, 0.717) is 12.1 Å². The normalized spacial score (nSPS) is 23.6. The van der Waals surface area contributed by atoms with E-state index >= 15 is 0 Å². The van der Waals surface area contributed by atoms with E-state index in [1.807, 2.05) is 0 Å². The lowest BCUT2D eigenvalue weighted by molar-refractivity contribution is -0.0500. The molecule has 0 aromatic heterocycles. The zero-order valence-electron chi connectivity index (χ0n) is 15.8. The molecule has 1 aliphatic heterocycles. The lowest BCUT2D eigenvalue weighted by Gasteiger charge is -2.47. The fraction of sp³-hybridized carbons (Fsp3) is 0.684. The summed E-state index contributed by atoms with van der Waals surface area (Å²) in [5.74, 6) is -1.49. The van der Waals surface area contributed by atoms with Gasteiger partial charge in [-0.2, -0.15) is 21.6 Å². The molecule has 29 heavy (non-hydrogen) atoms. The van der Waals surface area contributed by atoms with E-state index < -0.39 is 27.2 Å². The first-order valence-electron chi connectivity index (χ1n) is 9.90. The van der Waals surface area contributed by atoms with Crippen molar-refractivity contribution >= 4 is 10.1 Å². The molecule has 0 amide bonds. The maximum atomic E-state index is 14.2. The Morgan fingerprint density at radius 1 is 1.00 bits per heavy atom. The van der Waals surface area contributed by atoms with E-state index in [9.17, 15) is 26.0 Å². The van der Waals surface area contributed by atoms with Crippen molar-refractivity contribution in [3.63, 3.8) is 0 Å². The second-order valence-corrected chi connectivity index (χ2v) is 9.51. The molecule has 2 saturated carbocycles. The van der Waals surface area contributed by atoms with Gasteiger partial charge < -0.3 is 8.92 Å². The first-order chi connectivity index (χ1) is 13.7. The molecule has 2 aliphatic carbocycles. The van der Waals surface area contributed by atoms with E-state index in [1.54, 1.807) is 0 Å². The molecular formula is C19H23F4NO4S. The summed E-state index contributed by atoms with van der Waals surface area (Å²) in [7, 11) is -5.85.